The van der Waals surface area contributed by atoms with Gasteiger partial charge in [0.2, 0.25) is 5.91 Å². The Kier molecular flexibility index (Phi) is 6.27. The molecule has 1 saturated heterocycles. The number of aromatic nitrogens is 4. The van der Waals surface area contributed by atoms with Gasteiger partial charge in [-0.1, -0.05) is 24.3 Å². The number of carbonyl (C=O) groups excluding carboxylic acids is 1. The summed E-state index contributed by atoms with van der Waals surface area (Å²) in [6.45, 7) is 6.78. The second-order valence-corrected chi connectivity index (χ2v) is 7.92. The standard InChI is InChI=1S/C23H29N7O/c1-17-20(15-27-28(17)3)16-29-10-12-30(13-11-29)23-22(25-8-9-26-23)19-6-4-18(5-7-19)14-21(31)24-2/h4-9,15H,10-14,16H2,1-3H3,(H,24,31). The quantitative estimate of drug-likeness (QED) is 0.656. The number of amides is 1. The van der Waals surface area contributed by atoms with Crippen LogP contribution >= 0.6 is 0 Å². The number of carbonyl (C=O) groups is 1. The van der Waals surface area contributed by atoms with E-state index in [-0.39, 0.29) is 5.91 Å². The third-order valence-corrected chi connectivity index (χ3v) is 5.95. The Hall–Kier alpha value is -3.26. The van der Waals surface area contributed by atoms with E-state index in [9.17, 15) is 4.79 Å². The smallest absolute Gasteiger partial charge is 0.224 e. The number of hydrogen-bond donors (Lipinski definition) is 1. The fourth-order valence-electron chi connectivity index (χ4n) is 3.88. The molecule has 3 heterocycles. The van der Waals surface area contributed by atoms with Crippen molar-refractivity contribution in [3.63, 3.8) is 0 Å². The van der Waals surface area contributed by atoms with Crippen LogP contribution in [0.4, 0.5) is 5.82 Å². The summed E-state index contributed by atoms with van der Waals surface area (Å²) < 4.78 is 1.93. The van der Waals surface area contributed by atoms with Crippen LogP contribution in [0.15, 0.2) is 42.9 Å². The van der Waals surface area contributed by atoms with Gasteiger partial charge < -0.3 is 10.2 Å². The summed E-state index contributed by atoms with van der Waals surface area (Å²) in [6.07, 6.45) is 5.83. The van der Waals surface area contributed by atoms with Gasteiger partial charge >= 0.3 is 0 Å². The van der Waals surface area contributed by atoms with Crippen molar-refractivity contribution in [1.82, 2.24) is 30.0 Å². The highest BCUT2D eigenvalue weighted by Gasteiger charge is 2.22. The summed E-state index contributed by atoms with van der Waals surface area (Å²) in [5, 5.41) is 7.01. The zero-order valence-corrected chi connectivity index (χ0v) is 18.4. The predicted molar refractivity (Wildman–Crippen MR) is 121 cm³/mol. The molecule has 31 heavy (non-hydrogen) atoms. The van der Waals surface area contributed by atoms with Crippen molar-refractivity contribution in [2.45, 2.75) is 19.9 Å². The second kappa shape index (κ2) is 9.26. The van der Waals surface area contributed by atoms with Crippen molar-refractivity contribution in [3.05, 3.63) is 59.7 Å². The highest BCUT2D eigenvalue weighted by atomic mass is 16.1. The lowest BCUT2D eigenvalue weighted by Crippen LogP contribution is -2.46. The summed E-state index contributed by atoms with van der Waals surface area (Å²) in [7, 11) is 3.64. The second-order valence-electron chi connectivity index (χ2n) is 7.92. The number of nitrogens with zero attached hydrogens (tertiary/aromatic N) is 6. The first-order valence-electron chi connectivity index (χ1n) is 10.6. The summed E-state index contributed by atoms with van der Waals surface area (Å²) in [5.41, 5.74) is 5.38. The first kappa shape index (κ1) is 21.0. The van der Waals surface area contributed by atoms with Crippen LogP contribution in [-0.2, 0) is 24.8 Å². The third-order valence-electron chi connectivity index (χ3n) is 5.95. The number of anilines is 1. The fourth-order valence-corrected chi connectivity index (χ4v) is 3.88. The molecule has 162 valence electrons. The Labute approximate surface area is 182 Å². The lowest BCUT2D eigenvalue weighted by atomic mass is 10.1. The van der Waals surface area contributed by atoms with Gasteiger partial charge in [0.1, 0.15) is 5.69 Å². The van der Waals surface area contributed by atoms with E-state index in [4.69, 9.17) is 0 Å². The van der Waals surface area contributed by atoms with E-state index in [0.29, 0.717) is 6.42 Å². The normalized spacial score (nSPS) is 14.6. The molecule has 1 aromatic carbocycles. The van der Waals surface area contributed by atoms with Crippen molar-refractivity contribution in [2.24, 2.45) is 7.05 Å². The molecule has 1 fully saturated rings. The average molecular weight is 420 g/mol. The van der Waals surface area contributed by atoms with Crippen molar-refractivity contribution >= 4 is 11.7 Å². The molecular formula is C23H29N7O. The molecule has 4 rings (SSSR count). The number of piperazine rings is 1. The van der Waals surface area contributed by atoms with Gasteiger partial charge in [0.25, 0.3) is 0 Å². The van der Waals surface area contributed by atoms with E-state index in [0.717, 1.165) is 55.4 Å². The Morgan fingerprint density at radius 2 is 1.77 bits per heavy atom. The minimum atomic E-state index is 0.00675. The predicted octanol–water partition coefficient (Wildman–Crippen LogP) is 1.80. The average Bonchev–Trinajstić information content (AvgIpc) is 3.12. The van der Waals surface area contributed by atoms with Gasteiger partial charge in [0.05, 0.1) is 12.6 Å². The monoisotopic (exact) mass is 419 g/mol. The van der Waals surface area contributed by atoms with E-state index in [1.165, 1.54) is 11.3 Å². The van der Waals surface area contributed by atoms with E-state index in [2.05, 4.69) is 37.1 Å². The highest BCUT2D eigenvalue weighted by molar-refractivity contribution is 5.79. The Morgan fingerprint density at radius 1 is 1.06 bits per heavy atom. The molecule has 8 nitrogen and oxygen atoms in total. The molecule has 0 unspecified atom stereocenters. The van der Waals surface area contributed by atoms with Crippen LogP contribution in [0, 0.1) is 6.92 Å². The lowest BCUT2D eigenvalue weighted by Gasteiger charge is -2.35. The molecule has 0 atom stereocenters. The van der Waals surface area contributed by atoms with Crippen molar-refractivity contribution in [1.29, 1.82) is 0 Å². The Balaban J connectivity index is 1.44. The van der Waals surface area contributed by atoms with E-state index in [1.807, 2.05) is 42.2 Å². The molecule has 0 bridgehead atoms. The molecule has 1 aliphatic heterocycles. The minimum absolute atomic E-state index is 0.00675. The van der Waals surface area contributed by atoms with Gasteiger partial charge in [-0.3, -0.25) is 19.4 Å². The highest BCUT2D eigenvalue weighted by Crippen LogP contribution is 2.28. The maximum atomic E-state index is 11.6. The number of benzene rings is 1. The molecule has 0 spiro atoms. The Morgan fingerprint density at radius 3 is 2.42 bits per heavy atom. The Bertz CT molecular complexity index is 1040. The molecule has 0 saturated carbocycles. The van der Waals surface area contributed by atoms with Gasteiger partial charge in [0, 0.05) is 76.0 Å². The maximum Gasteiger partial charge on any atom is 0.224 e. The fraction of sp³-hybridized carbons (Fsp3) is 0.391. The number of aryl methyl sites for hydroxylation is 1. The number of hydrogen-bond acceptors (Lipinski definition) is 6. The van der Waals surface area contributed by atoms with Gasteiger partial charge in [-0.05, 0) is 12.5 Å². The molecule has 8 heteroatoms. The first-order chi connectivity index (χ1) is 15.0. The van der Waals surface area contributed by atoms with Crippen LogP contribution in [0.2, 0.25) is 0 Å². The molecule has 2 aromatic heterocycles. The summed E-state index contributed by atoms with van der Waals surface area (Å²) >= 11 is 0. The molecule has 3 aromatic rings. The van der Waals surface area contributed by atoms with Crippen LogP contribution in [0.25, 0.3) is 11.3 Å². The largest absolute Gasteiger partial charge is 0.359 e. The van der Waals surface area contributed by atoms with E-state index in [1.54, 1.807) is 19.4 Å². The van der Waals surface area contributed by atoms with Crippen molar-refractivity contribution in [2.75, 3.05) is 38.1 Å². The summed E-state index contributed by atoms with van der Waals surface area (Å²) in [5.74, 6) is 0.922. The molecule has 1 N–H and O–H groups in total. The zero-order valence-electron chi connectivity index (χ0n) is 18.4. The van der Waals surface area contributed by atoms with E-state index < -0.39 is 0 Å². The maximum absolute atomic E-state index is 11.6. The molecular weight excluding hydrogens is 390 g/mol. The number of likely N-dealkylation sites (N-methyl/N-ethyl adjacent to an activating group) is 1. The van der Waals surface area contributed by atoms with E-state index >= 15 is 0 Å². The van der Waals surface area contributed by atoms with Crippen molar-refractivity contribution < 1.29 is 4.79 Å². The zero-order chi connectivity index (χ0) is 21.8. The van der Waals surface area contributed by atoms with Crippen LogP contribution in [0.1, 0.15) is 16.8 Å². The molecule has 0 aliphatic carbocycles. The molecule has 0 radical (unpaired) electrons. The third kappa shape index (κ3) is 4.74. The van der Waals surface area contributed by atoms with Crippen LogP contribution in [-0.4, -0.2) is 63.8 Å². The first-order valence-corrected chi connectivity index (χ1v) is 10.6. The molecule has 1 aliphatic rings. The lowest BCUT2D eigenvalue weighted by molar-refractivity contribution is -0.119. The van der Waals surface area contributed by atoms with Crippen LogP contribution in [0.5, 0.6) is 0 Å². The van der Waals surface area contributed by atoms with Gasteiger partial charge in [0.15, 0.2) is 5.82 Å². The number of nitrogens with one attached hydrogen (secondary N) is 1. The summed E-state index contributed by atoms with van der Waals surface area (Å²) in [6, 6.07) is 8.01. The van der Waals surface area contributed by atoms with Crippen LogP contribution in [0.3, 0.4) is 0 Å². The van der Waals surface area contributed by atoms with Gasteiger partial charge in [-0.15, -0.1) is 0 Å². The van der Waals surface area contributed by atoms with Gasteiger partial charge in [-0.25, -0.2) is 4.98 Å². The summed E-state index contributed by atoms with van der Waals surface area (Å²) in [4.78, 5) is 25.7. The van der Waals surface area contributed by atoms with Crippen molar-refractivity contribution in [3.8, 4) is 11.3 Å². The molecule has 1 amide bonds. The topological polar surface area (TPSA) is 79.2 Å². The van der Waals surface area contributed by atoms with Gasteiger partial charge in [-0.2, -0.15) is 5.10 Å². The van der Waals surface area contributed by atoms with Crippen LogP contribution < -0.4 is 10.2 Å². The minimum Gasteiger partial charge on any atom is -0.359 e. The SMILES string of the molecule is CNC(=O)Cc1ccc(-c2nccnc2N2CCN(Cc3cnn(C)c3C)CC2)cc1. The number of rotatable bonds is 6.